The SMILES string of the molecule is CN(C(=O)CN)C1CCN(C2CC2)CC1. The van der Waals surface area contributed by atoms with Gasteiger partial charge in [0.1, 0.15) is 0 Å². The quantitative estimate of drug-likeness (QED) is 0.716. The number of nitrogens with zero attached hydrogens (tertiary/aromatic N) is 2. The van der Waals surface area contributed by atoms with Gasteiger partial charge in [-0.1, -0.05) is 0 Å². The zero-order chi connectivity index (χ0) is 10.8. The lowest BCUT2D eigenvalue weighted by atomic mass is 10.0. The van der Waals surface area contributed by atoms with Crippen LogP contribution in [0.25, 0.3) is 0 Å². The van der Waals surface area contributed by atoms with E-state index in [2.05, 4.69) is 4.90 Å². The lowest BCUT2D eigenvalue weighted by molar-refractivity contribution is -0.131. The van der Waals surface area contributed by atoms with Crippen LogP contribution in [0.1, 0.15) is 25.7 Å². The molecule has 2 N–H and O–H groups in total. The summed E-state index contributed by atoms with van der Waals surface area (Å²) >= 11 is 0. The fourth-order valence-electron chi connectivity index (χ4n) is 2.43. The highest BCUT2D eigenvalue weighted by molar-refractivity contribution is 5.78. The first-order valence-electron chi connectivity index (χ1n) is 5.92. The molecule has 1 aliphatic heterocycles. The fourth-order valence-corrected chi connectivity index (χ4v) is 2.43. The molecule has 86 valence electrons. The average molecular weight is 211 g/mol. The molecule has 0 radical (unpaired) electrons. The van der Waals surface area contributed by atoms with Crippen molar-refractivity contribution in [3.63, 3.8) is 0 Å². The van der Waals surface area contributed by atoms with Gasteiger partial charge in [0.2, 0.25) is 5.91 Å². The molecule has 2 aliphatic rings. The summed E-state index contributed by atoms with van der Waals surface area (Å²) in [7, 11) is 1.88. The molecule has 4 nitrogen and oxygen atoms in total. The van der Waals surface area contributed by atoms with Crippen molar-refractivity contribution in [3.8, 4) is 0 Å². The van der Waals surface area contributed by atoms with Gasteiger partial charge in [0, 0.05) is 32.2 Å². The molecular weight excluding hydrogens is 190 g/mol. The second-order valence-electron chi connectivity index (χ2n) is 4.71. The summed E-state index contributed by atoms with van der Waals surface area (Å²) in [6, 6.07) is 1.28. The van der Waals surface area contributed by atoms with E-state index >= 15 is 0 Å². The Morgan fingerprint density at radius 3 is 2.40 bits per heavy atom. The second-order valence-corrected chi connectivity index (χ2v) is 4.71. The number of nitrogens with two attached hydrogens (primary N) is 1. The predicted molar refractivity (Wildman–Crippen MR) is 59.4 cm³/mol. The molecule has 0 unspecified atom stereocenters. The number of hydrogen-bond acceptors (Lipinski definition) is 3. The highest BCUT2D eigenvalue weighted by atomic mass is 16.2. The zero-order valence-electron chi connectivity index (χ0n) is 9.48. The van der Waals surface area contributed by atoms with Crippen LogP contribution >= 0.6 is 0 Å². The number of carbonyl (C=O) groups is 1. The Kier molecular flexibility index (Phi) is 3.26. The van der Waals surface area contributed by atoms with E-state index in [0.717, 1.165) is 32.0 Å². The molecule has 2 fully saturated rings. The number of hydrogen-bond donors (Lipinski definition) is 1. The molecular formula is C11H21N3O. The number of piperidine rings is 1. The normalized spacial score (nSPS) is 24.1. The van der Waals surface area contributed by atoms with Crippen LogP contribution < -0.4 is 5.73 Å². The molecule has 1 heterocycles. The molecule has 4 heteroatoms. The highest BCUT2D eigenvalue weighted by Crippen LogP contribution is 2.30. The van der Waals surface area contributed by atoms with Gasteiger partial charge in [0.15, 0.2) is 0 Å². The van der Waals surface area contributed by atoms with Gasteiger partial charge in [-0.2, -0.15) is 0 Å². The minimum atomic E-state index is 0.0693. The summed E-state index contributed by atoms with van der Waals surface area (Å²) in [6.45, 7) is 2.44. The minimum Gasteiger partial charge on any atom is -0.342 e. The van der Waals surface area contributed by atoms with Crippen molar-refractivity contribution in [2.24, 2.45) is 5.73 Å². The molecule has 0 spiro atoms. The van der Waals surface area contributed by atoms with Crippen molar-refractivity contribution < 1.29 is 4.79 Å². The van der Waals surface area contributed by atoms with Gasteiger partial charge >= 0.3 is 0 Å². The maximum absolute atomic E-state index is 11.4. The van der Waals surface area contributed by atoms with E-state index < -0.39 is 0 Å². The lowest BCUT2D eigenvalue weighted by Crippen LogP contribution is -2.47. The highest BCUT2D eigenvalue weighted by Gasteiger charge is 2.33. The third-order valence-electron chi connectivity index (χ3n) is 3.68. The maximum atomic E-state index is 11.4. The summed E-state index contributed by atoms with van der Waals surface area (Å²) < 4.78 is 0. The van der Waals surface area contributed by atoms with Crippen LogP contribution in [0.4, 0.5) is 0 Å². The molecule has 1 saturated heterocycles. The van der Waals surface area contributed by atoms with E-state index in [-0.39, 0.29) is 12.5 Å². The second kappa shape index (κ2) is 4.49. The molecule has 0 aromatic carbocycles. The standard InChI is InChI=1S/C11H21N3O/c1-13(11(15)8-12)9-4-6-14(7-5-9)10-2-3-10/h9-10H,2-8,12H2,1H3. The third-order valence-corrected chi connectivity index (χ3v) is 3.68. The van der Waals surface area contributed by atoms with Gasteiger partial charge in [0.05, 0.1) is 6.54 Å². The first-order valence-corrected chi connectivity index (χ1v) is 5.92. The smallest absolute Gasteiger partial charge is 0.236 e. The van der Waals surface area contributed by atoms with E-state index in [1.807, 2.05) is 11.9 Å². The van der Waals surface area contributed by atoms with Crippen LogP contribution in [-0.4, -0.2) is 54.5 Å². The third kappa shape index (κ3) is 2.49. The fraction of sp³-hybridized carbons (Fsp3) is 0.909. The summed E-state index contributed by atoms with van der Waals surface area (Å²) in [6.07, 6.45) is 4.97. The Balaban J connectivity index is 1.79. The first-order chi connectivity index (χ1) is 7.22. The van der Waals surface area contributed by atoms with Crippen LogP contribution in [-0.2, 0) is 4.79 Å². The summed E-state index contributed by atoms with van der Waals surface area (Å²) in [5.41, 5.74) is 5.36. The van der Waals surface area contributed by atoms with Gasteiger partial charge in [-0.15, -0.1) is 0 Å². The Hall–Kier alpha value is -0.610. The van der Waals surface area contributed by atoms with Crippen molar-refractivity contribution in [2.45, 2.75) is 37.8 Å². The van der Waals surface area contributed by atoms with E-state index in [0.29, 0.717) is 6.04 Å². The van der Waals surface area contributed by atoms with Crippen LogP contribution in [0.5, 0.6) is 0 Å². The molecule has 0 atom stereocenters. The molecule has 1 amide bonds. The topological polar surface area (TPSA) is 49.6 Å². The van der Waals surface area contributed by atoms with E-state index in [1.54, 1.807) is 0 Å². The van der Waals surface area contributed by atoms with Gasteiger partial charge in [-0.25, -0.2) is 0 Å². The van der Waals surface area contributed by atoms with Crippen molar-refractivity contribution in [1.29, 1.82) is 0 Å². The van der Waals surface area contributed by atoms with Crippen molar-refractivity contribution >= 4 is 5.91 Å². The first kappa shape index (κ1) is 10.9. The average Bonchev–Trinajstić information content (AvgIpc) is 3.11. The van der Waals surface area contributed by atoms with E-state index in [4.69, 9.17) is 5.73 Å². The summed E-state index contributed by atoms with van der Waals surface area (Å²) in [5, 5.41) is 0. The van der Waals surface area contributed by atoms with Crippen molar-refractivity contribution in [2.75, 3.05) is 26.7 Å². The minimum absolute atomic E-state index is 0.0693. The maximum Gasteiger partial charge on any atom is 0.236 e. The summed E-state index contributed by atoms with van der Waals surface area (Å²) in [4.78, 5) is 15.8. The number of rotatable bonds is 3. The monoisotopic (exact) mass is 211 g/mol. The Morgan fingerprint density at radius 2 is 1.93 bits per heavy atom. The molecule has 2 rings (SSSR count). The molecule has 0 aromatic rings. The van der Waals surface area contributed by atoms with Crippen LogP contribution in [0.3, 0.4) is 0 Å². The van der Waals surface area contributed by atoms with Crippen LogP contribution in [0.15, 0.2) is 0 Å². The van der Waals surface area contributed by atoms with Crippen LogP contribution in [0.2, 0.25) is 0 Å². The molecule has 0 aromatic heterocycles. The molecule has 0 bridgehead atoms. The largest absolute Gasteiger partial charge is 0.342 e. The Bertz CT molecular complexity index is 232. The lowest BCUT2D eigenvalue weighted by Gasteiger charge is -2.36. The molecule has 15 heavy (non-hydrogen) atoms. The van der Waals surface area contributed by atoms with E-state index in [9.17, 15) is 4.79 Å². The Morgan fingerprint density at radius 1 is 1.33 bits per heavy atom. The van der Waals surface area contributed by atoms with Crippen molar-refractivity contribution in [3.05, 3.63) is 0 Å². The molecule has 1 aliphatic carbocycles. The Labute approximate surface area is 91.4 Å². The zero-order valence-corrected chi connectivity index (χ0v) is 9.48. The number of carbonyl (C=O) groups excluding carboxylic acids is 1. The van der Waals surface area contributed by atoms with Gasteiger partial charge in [-0.3, -0.25) is 4.79 Å². The van der Waals surface area contributed by atoms with Gasteiger partial charge in [0.25, 0.3) is 0 Å². The number of likely N-dealkylation sites (N-methyl/N-ethyl adjacent to an activating group) is 1. The van der Waals surface area contributed by atoms with Gasteiger partial charge < -0.3 is 15.5 Å². The van der Waals surface area contributed by atoms with Crippen LogP contribution in [0, 0.1) is 0 Å². The summed E-state index contributed by atoms with van der Waals surface area (Å²) in [5.74, 6) is 0.0693. The predicted octanol–water partition coefficient (Wildman–Crippen LogP) is 0.0303. The van der Waals surface area contributed by atoms with Crippen molar-refractivity contribution in [1.82, 2.24) is 9.80 Å². The number of amides is 1. The van der Waals surface area contributed by atoms with E-state index in [1.165, 1.54) is 12.8 Å². The number of likely N-dealkylation sites (tertiary alicyclic amines) is 1. The van der Waals surface area contributed by atoms with Gasteiger partial charge in [-0.05, 0) is 25.7 Å². The molecule has 1 saturated carbocycles.